The number of anilines is 1. The molecule has 0 bridgehead atoms. The van der Waals surface area contributed by atoms with E-state index in [1.165, 1.54) is 0 Å². The Morgan fingerprint density at radius 3 is 2.87 bits per heavy atom. The van der Waals surface area contributed by atoms with E-state index in [4.69, 9.17) is 9.47 Å². The van der Waals surface area contributed by atoms with Gasteiger partial charge in [-0.25, -0.2) is 0 Å². The van der Waals surface area contributed by atoms with Crippen molar-refractivity contribution in [3.05, 3.63) is 52.6 Å². The number of fused-ring (bicyclic) bond motifs is 2. The van der Waals surface area contributed by atoms with Gasteiger partial charge in [0, 0.05) is 29.7 Å². The Labute approximate surface area is 135 Å². The predicted molar refractivity (Wildman–Crippen MR) is 88.6 cm³/mol. The molecule has 0 fully saturated rings. The van der Waals surface area contributed by atoms with Crippen LogP contribution in [-0.2, 0) is 19.3 Å². The first-order chi connectivity index (χ1) is 11.3. The molecule has 4 rings (SSSR count). The molecule has 2 aromatic carbocycles. The van der Waals surface area contributed by atoms with Gasteiger partial charge in [0.05, 0.1) is 18.8 Å². The second kappa shape index (κ2) is 5.61. The predicted octanol–water partition coefficient (Wildman–Crippen LogP) is 3.37. The summed E-state index contributed by atoms with van der Waals surface area (Å²) in [6.45, 7) is 3.34. The molecule has 0 atom stereocenters. The highest BCUT2D eigenvalue weighted by molar-refractivity contribution is 6.08. The van der Waals surface area contributed by atoms with Gasteiger partial charge in [-0.2, -0.15) is 0 Å². The van der Waals surface area contributed by atoms with Crippen LogP contribution in [0.5, 0.6) is 11.5 Å². The summed E-state index contributed by atoms with van der Waals surface area (Å²) in [6, 6.07) is 9.94. The molecule has 0 saturated heterocycles. The molecule has 118 valence electrons. The van der Waals surface area contributed by atoms with Gasteiger partial charge in [0.2, 0.25) is 0 Å². The van der Waals surface area contributed by atoms with Gasteiger partial charge in [-0.1, -0.05) is 25.1 Å². The molecule has 0 spiro atoms. The third-order valence-corrected chi connectivity index (χ3v) is 4.52. The summed E-state index contributed by atoms with van der Waals surface area (Å²) in [5.41, 5.74) is 4.68. The van der Waals surface area contributed by atoms with E-state index in [1.807, 2.05) is 30.3 Å². The first kappa shape index (κ1) is 14.1. The van der Waals surface area contributed by atoms with E-state index in [0.717, 1.165) is 53.1 Å². The highest BCUT2D eigenvalue weighted by atomic mass is 16.5. The maximum atomic E-state index is 13.0. The van der Waals surface area contributed by atoms with Crippen LogP contribution in [0, 0.1) is 0 Å². The average Bonchev–Trinajstić information content (AvgIpc) is 3.21. The maximum absolute atomic E-state index is 13.0. The zero-order valence-corrected chi connectivity index (χ0v) is 13.1. The van der Waals surface area contributed by atoms with Gasteiger partial charge in [0.25, 0.3) is 5.91 Å². The third-order valence-electron chi connectivity index (χ3n) is 4.52. The number of amides is 1. The minimum absolute atomic E-state index is 0.105. The molecule has 0 aliphatic carbocycles. The zero-order valence-electron chi connectivity index (χ0n) is 13.1. The van der Waals surface area contributed by atoms with Crippen molar-refractivity contribution in [3.8, 4) is 11.5 Å². The first-order valence-corrected chi connectivity index (χ1v) is 8.11. The lowest BCUT2D eigenvalue weighted by Gasteiger charge is -2.14. The van der Waals surface area contributed by atoms with Crippen LogP contribution < -0.4 is 14.8 Å². The van der Waals surface area contributed by atoms with Crippen molar-refractivity contribution in [2.75, 3.05) is 18.5 Å². The molecule has 0 saturated carbocycles. The fourth-order valence-corrected chi connectivity index (χ4v) is 3.36. The summed E-state index contributed by atoms with van der Waals surface area (Å²) in [5.74, 6) is 1.47. The van der Waals surface area contributed by atoms with Crippen LogP contribution >= 0.6 is 0 Å². The number of aryl methyl sites for hydroxylation is 1. The number of para-hydroxylation sites is 1. The van der Waals surface area contributed by atoms with E-state index >= 15 is 0 Å². The Morgan fingerprint density at radius 1 is 1.17 bits per heavy atom. The van der Waals surface area contributed by atoms with Gasteiger partial charge in [0.15, 0.2) is 0 Å². The van der Waals surface area contributed by atoms with Crippen LogP contribution in [0.15, 0.2) is 30.3 Å². The molecule has 2 aromatic rings. The molecule has 0 aromatic heterocycles. The van der Waals surface area contributed by atoms with E-state index in [9.17, 15) is 4.79 Å². The number of benzene rings is 2. The number of nitrogens with one attached hydrogen (secondary N) is 1. The van der Waals surface area contributed by atoms with Gasteiger partial charge in [-0.3, -0.25) is 4.79 Å². The fourth-order valence-electron chi connectivity index (χ4n) is 3.36. The van der Waals surface area contributed by atoms with E-state index in [-0.39, 0.29) is 5.91 Å². The second-order valence-electron chi connectivity index (χ2n) is 5.88. The highest BCUT2D eigenvalue weighted by Gasteiger charge is 2.30. The lowest BCUT2D eigenvalue weighted by atomic mass is 9.98. The zero-order chi connectivity index (χ0) is 15.8. The number of ether oxygens (including phenoxy) is 2. The smallest absolute Gasteiger partial charge is 0.259 e. The first-order valence-electron chi connectivity index (χ1n) is 8.11. The number of hydrogen-bond acceptors (Lipinski definition) is 3. The Bertz CT molecular complexity index is 750. The third kappa shape index (κ3) is 2.34. The monoisotopic (exact) mass is 309 g/mol. The van der Waals surface area contributed by atoms with E-state index in [0.29, 0.717) is 18.8 Å². The van der Waals surface area contributed by atoms with Crippen molar-refractivity contribution in [3.63, 3.8) is 0 Å². The van der Waals surface area contributed by atoms with E-state index in [2.05, 4.69) is 12.2 Å². The Balaban J connectivity index is 1.75. The van der Waals surface area contributed by atoms with Crippen molar-refractivity contribution in [2.45, 2.75) is 26.2 Å². The average molecular weight is 309 g/mol. The molecule has 1 amide bonds. The standard InChI is InChI=1S/C19H19NO3/c1-2-12-5-3-4-6-15(12)20-19(21)17-14-8-10-22-16(14)11-13-7-9-23-18(13)17/h3-6,11H,2,7-10H2,1H3,(H,20,21). The second-order valence-corrected chi connectivity index (χ2v) is 5.88. The summed E-state index contributed by atoms with van der Waals surface area (Å²) in [4.78, 5) is 13.0. The molecule has 1 N–H and O–H groups in total. The van der Waals surface area contributed by atoms with Crippen LogP contribution in [0.25, 0.3) is 0 Å². The topological polar surface area (TPSA) is 47.6 Å². The van der Waals surface area contributed by atoms with Crippen LogP contribution in [0.4, 0.5) is 5.69 Å². The lowest BCUT2D eigenvalue weighted by Crippen LogP contribution is -2.16. The van der Waals surface area contributed by atoms with Crippen LogP contribution in [-0.4, -0.2) is 19.1 Å². The van der Waals surface area contributed by atoms with Crippen molar-refractivity contribution in [1.82, 2.24) is 0 Å². The van der Waals surface area contributed by atoms with Crippen LogP contribution in [0.3, 0.4) is 0 Å². The van der Waals surface area contributed by atoms with E-state index < -0.39 is 0 Å². The molecule has 4 nitrogen and oxygen atoms in total. The molecule has 2 heterocycles. The van der Waals surface area contributed by atoms with E-state index in [1.54, 1.807) is 0 Å². The van der Waals surface area contributed by atoms with Gasteiger partial charge >= 0.3 is 0 Å². The van der Waals surface area contributed by atoms with Gasteiger partial charge in [-0.15, -0.1) is 0 Å². The SMILES string of the molecule is CCc1ccccc1NC(=O)c1c2c(cc3c1OCC3)OCC2. The molecular formula is C19H19NO3. The van der Waals surface area contributed by atoms with Crippen molar-refractivity contribution in [2.24, 2.45) is 0 Å². The molecule has 2 aliphatic heterocycles. The maximum Gasteiger partial charge on any atom is 0.259 e. The Kier molecular flexibility index (Phi) is 3.45. The largest absolute Gasteiger partial charge is 0.493 e. The Morgan fingerprint density at radius 2 is 2.00 bits per heavy atom. The number of hydrogen-bond donors (Lipinski definition) is 1. The molecular weight excluding hydrogens is 290 g/mol. The number of carbonyl (C=O) groups excluding carboxylic acids is 1. The molecule has 4 heteroatoms. The summed E-state index contributed by atoms with van der Waals surface area (Å²) in [5, 5.41) is 3.06. The Hall–Kier alpha value is -2.49. The quantitative estimate of drug-likeness (QED) is 0.945. The van der Waals surface area contributed by atoms with Gasteiger partial charge < -0.3 is 14.8 Å². The summed E-state index contributed by atoms with van der Waals surface area (Å²) in [6.07, 6.45) is 2.46. The molecule has 0 radical (unpaired) electrons. The van der Waals surface area contributed by atoms with Gasteiger partial charge in [0.1, 0.15) is 11.5 Å². The van der Waals surface area contributed by atoms with Crippen LogP contribution in [0.2, 0.25) is 0 Å². The lowest BCUT2D eigenvalue weighted by molar-refractivity contribution is 0.102. The summed E-state index contributed by atoms with van der Waals surface area (Å²) >= 11 is 0. The highest BCUT2D eigenvalue weighted by Crippen LogP contribution is 2.40. The summed E-state index contributed by atoms with van der Waals surface area (Å²) < 4.78 is 11.4. The van der Waals surface area contributed by atoms with Crippen molar-refractivity contribution >= 4 is 11.6 Å². The summed E-state index contributed by atoms with van der Waals surface area (Å²) in [7, 11) is 0. The van der Waals surface area contributed by atoms with Gasteiger partial charge in [-0.05, 0) is 24.1 Å². The molecule has 23 heavy (non-hydrogen) atoms. The molecule has 2 aliphatic rings. The van der Waals surface area contributed by atoms with Crippen LogP contribution in [0.1, 0.15) is 34.0 Å². The van der Waals surface area contributed by atoms with Crippen molar-refractivity contribution in [1.29, 1.82) is 0 Å². The molecule has 0 unspecified atom stereocenters. The fraction of sp³-hybridized carbons (Fsp3) is 0.316. The number of rotatable bonds is 3. The minimum atomic E-state index is -0.105. The number of carbonyl (C=O) groups is 1. The minimum Gasteiger partial charge on any atom is -0.493 e. The van der Waals surface area contributed by atoms with Crippen molar-refractivity contribution < 1.29 is 14.3 Å². The normalized spacial score (nSPS) is 14.7.